The molecular weight excluding hydrogens is 529 g/mol. The van der Waals surface area contributed by atoms with Crippen LogP contribution in [0.15, 0.2) is 48.8 Å². The molecule has 6 rings (SSSR count). The summed E-state index contributed by atoms with van der Waals surface area (Å²) < 4.78 is 21.0. The Hall–Kier alpha value is -4.54. The number of carbonyl (C=O) groups is 4. The van der Waals surface area contributed by atoms with Crippen LogP contribution in [0.2, 0.25) is 0 Å². The second kappa shape index (κ2) is 10.1. The maximum Gasteiger partial charge on any atom is 0.418 e. The average Bonchev–Trinajstić information content (AvgIpc) is 3.60. The molecular formula is C30H30FN5O5. The smallest absolute Gasteiger partial charge is 0.418 e. The number of nitrogens with zero attached hydrogens (tertiary/aromatic N) is 4. The molecule has 2 aromatic carbocycles. The Morgan fingerprint density at radius 2 is 1.90 bits per heavy atom. The van der Waals surface area contributed by atoms with Crippen molar-refractivity contribution in [2.45, 2.75) is 57.3 Å². The predicted octanol–water partition coefficient (Wildman–Crippen LogP) is 2.92. The second-order valence-corrected chi connectivity index (χ2v) is 10.9. The van der Waals surface area contributed by atoms with Crippen molar-refractivity contribution in [2.75, 3.05) is 13.6 Å². The summed E-state index contributed by atoms with van der Waals surface area (Å²) in [7, 11) is 1.56. The number of rotatable bonds is 5. The number of nitrogens with one attached hydrogen (secondary N) is 1. The highest BCUT2D eigenvalue weighted by Gasteiger charge is 2.58. The Balaban J connectivity index is 1.20. The lowest BCUT2D eigenvalue weighted by atomic mass is 9.93. The number of benzene rings is 2. The third-order valence-corrected chi connectivity index (χ3v) is 8.40. The molecule has 1 fully saturated rings. The molecule has 41 heavy (non-hydrogen) atoms. The number of ether oxygens (including phenoxy) is 1. The van der Waals surface area contributed by atoms with Crippen LogP contribution in [0.5, 0.6) is 0 Å². The van der Waals surface area contributed by atoms with Gasteiger partial charge in [-0.1, -0.05) is 24.3 Å². The maximum absolute atomic E-state index is 13.8. The van der Waals surface area contributed by atoms with E-state index in [0.717, 1.165) is 32.7 Å². The molecule has 2 aliphatic heterocycles. The molecule has 3 heterocycles. The highest BCUT2D eigenvalue weighted by molar-refractivity contribution is 6.06. The number of likely N-dealkylation sites (N-methyl/N-ethyl adjacent to an activating group) is 1. The lowest BCUT2D eigenvalue weighted by Crippen LogP contribution is -2.46. The van der Waals surface area contributed by atoms with Crippen LogP contribution in [0.4, 0.5) is 9.18 Å². The Bertz CT molecular complexity index is 1580. The lowest BCUT2D eigenvalue weighted by Gasteiger charge is -2.28. The molecule has 1 aliphatic carbocycles. The molecule has 212 valence electrons. The van der Waals surface area contributed by atoms with Crippen LogP contribution >= 0.6 is 0 Å². The van der Waals surface area contributed by atoms with Gasteiger partial charge in [-0.05, 0) is 60.6 Å². The first kappa shape index (κ1) is 26.7. The van der Waals surface area contributed by atoms with E-state index in [0.29, 0.717) is 24.8 Å². The largest absolute Gasteiger partial charge is 0.427 e. The van der Waals surface area contributed by atoms with Gasteiger partial charge in [0.2, 0.25) is 17.4 Å². The summed E-state index contributed by atoms with van der Waals surface area (Å²) in [6.45, 7) is 1.88. The van der Waals surface area contributed by atoms with Gasteiger partial charge < -0.3 is 15.0 Å². The fourth-order valence-electron chi connectivity index (χ4n) is 6.06. The van der Waals surface area contributed by atoms with Crippen LogP contribution in [-0.2, 0) is 50.7 Å². The Kier molecular flexibility index (Phi) is 6.59. The quantitative estimate of drug-likeness (QED) is 0.514. The summed E-state index contributed by atoms with van der Waals surface area (Å²) in [6.07, 6.45) is 4.70. The maximum atomic E-state index is 13.8. The minimum Gasteiger partial charge on any atom is -0.427 e. The number of imide groups is 1. The number of amides is 4. The van der Waals surface area contributed by atoms with Crippen molar-refractivity contribution in [1.29, 1.82) is 0 Å². The summed E-state index contributed by atoms with van der Waals surface area (Å²) in [5.74, 6) is -1.37. The van der Waals surface area contributed by atoms with Crippen LogP contribution in [0, 0.1) is 5.82 Å². The summed E-state index contributed by atoms with van der Waals surface area (Å²) >= 11 is 0. The van der Waals surface area contributed by atoms with E-state index in [1.54, 1.807) is 41.2 Å². The van der Waals surface area contributed by atoms with Crippen molar-refractivity contribution < 1.29 is 28.3 Å². The SMILES string of the molecule is CNC(=O)Cn1cc(-c2ccc3c(c2)CCC32OC(=O)N(CC(=O)N3Cc4ccc(F)cc4CC[C@H]3C)C2=O)cn1. The number of halogens is 1. The van der Waals surface area contributed by atoms with Crippen molar-refractivity contribution in [3.8, 4) is 11.1 Å². The molecule has 1 saturated heterocycles. The molecule has 10 nitrogen and oxygen atoms in total. The van der Waals surface area contributed by atoms with Crippen LogP contribution in [0.3, 0.4) is 0 Å². The van der Waals surface area contributed by atoms with E-state index in [1.165, 1.54) is 12.1 Å². The third kappa shape index (κ3) is 4.64. The van der Waals surface area contributed by atoms with Gasteiger partial charge in [-0.25, -0.2) is 14.1 Å². The molecule has 4 amide bonds. The van der Waals surface area contributed by atoms with Gasteiger partial charge in [-0.3, -0.25) is 19.1 Å². The minimum absolute atomic E-state index is 0.102. The van der Waals surface area contributed by atoms with Crippen molar-refractivity contribution in [3.63, 3.8) is 0 Å². The van der Waals surface area contributed by atoms with Gasteiger partial charge >= 0.3 is 6.09 Å². The summed E-state index contributed by atoms with van der Waals surface area (Å²) in [5, 5.41) is 6.81. The summed E-state index contributed by atoms with van der Waals surface area (Å²) in [5.41, 5.74) is 3.44. The fourth-order valence-corrected chi connectivity index (χ4v) is 6.06. The molecule has 0 bridgehead atoms. The van der Waals surface area contributed by atoms with Gasteiger partial charge in [-0.15, -0.1) is 0 Å². The van der Waals surface area contributed by atoms with Crippen molar-refractivity contribution >= 4 is 23.8 Å². The molecule has 3 aliphatic rings. The first-order valence-electron chi connectivity index (χ1n) is 13.7. The van der Waals surface area contributed by atoms with Gasteiger partial charge in [0.05, 0.1) is 6.20 Å². The molecule has 0 radical (unpaired) electrons. The van der Waals surface area contributed by atoms with Crippen LogP contribution < -0.4 is 5.32 Å². The molecule has 1 aromatic heterocycles. The van der Waals surface area contributed by atoms with Gasteiger partial charge in [0.15, 0.2) is 0 Å². The Morgan fingerprint density at radius 3 is 2.71 bits per heavy atom. The van der Waals surface area contributed by atoms with E-state index in [4.69, 9.17) is 4.74 Å². The van der Waals surface area contributed by atoms with Gasteiger partial charge in [0, 0.05) is 43.4 Å². The Labute approximate surface area is 236 Å². The zero-order valence-corrected chi connectivity index (χ0v) is 22.9. The highest BCUT2D eigenvalue weighted by Crippen LogP contribution is 2.46. The molecule has 1 spiro atoms. The highest BCUT2D eigenvalue weighted by atomic mass is 19.1. The standard InChI is InChI=1S/C30H30FN5O5/c1-18-3-4-20-12-24(31)7-5-22(20)15-35(18)27(38)17-36-28(39)30(41-29(36)40)10-9-21-11-19(6-8-25(21)30)23-13-33-34(14-23)16-26(37)32-2/h5-8,11-14,18H,3-4,9-10,15-17H2,1-2H3,(H,32,37)/t18-,30?/m1/s1. The second-order valence-electron chi connectivity index (χ2n) is 10.9. The van der Waals surface area contributed by atoms with E-state index < -0.39 is 24.1 Å². The van der Waals surface area contributed by atoms with E-state index in [9.17, 15) is 23.6 Å². The Morgan fingerprint density at radius 1 is 1.07 bits per heavy atom. The van der Waals surface area contributed by atoms with E-state index in [-0.39, 0.29) is 43.2 Å². The average molecular weight is 560 g/mol. The molecule has 0 saturated carbocycles. The zero-order valence-electron chi connectivity index (χ0n) is 22.9. The van der Waals surface area contributed by atoms with E-state index >= 15 is 0 Å². The monoisotopic (exact) mass is 559 g/mol. The molecule has 3 aromatic rings. The number of hydrogen-bond acceptors (Lipinski definition) is 6. The lowest BCUT2D eigenvalue weighted by molar-refractivity contribution is -0.143. The van der Waals surface area contributed by atoms with Crippen molar-refractivity contribution in [3.05, 3.63) is 76.9 Å². The summed E-state index contributed by atoms with van der Waals surface area (Å²) in [6, 6.07) is 9.98. The molecule has 1 unspecified atom stereocenters. The van der Waals surface area contributed by atoms with Crippen molar-refractivity contribution in [1.82, 2.24) is 24.9 Å². The van der Waals surface area contributed by atoms with Crippen LogP contribution in [-0.4, -0.2) is 63.0 Å². The number of aryl methyl sites for hydroxylation is 2. The van der Waals surface area contributed by atoms with Crippen LogP contribution in [0.1, 0.15) is 42.0 Å². The third-order valence-electron chi connectivity index (χ3n) is 8.40. The van der Waals surface area contributed by atoms with Crippen LogP contribution in [0.25, 0.3) is 11.1 Å². The van der Waals surface area contributed by atoms with E-state index in [1.807, 2.05) is 19.1 Å². The molecule has 11 heteroatoms. The number of carbonyl (C=O) groups excluding carboxylic acids is 4. The van der Waals surface area contributed by atoms with Gasteiger partial charge in [-0.2, -0.15) is 5.10 Å². The number of hydrogen-bond donors (Lipinski definition) is 1. The zero-order chi connectivity index (χ0) is 28.9. The predicted molar refractivity (Wildman–Crippen MR) is 145 cm³/mol. The molecule has 2 atom stereocenters. The first-order valence-corrected chi connectivity index (χ1v) is 13.7. The fraction of sp³-hybridized carbons (Fsp3) is 0.367. The van der Waals surface area contributed by atoms with Gasteiger partial charge in [0.1, 0.15) is 18.9 Å². The number of aromatic nitrogens is 2. The van der Waals surface area contributed by atoms with Gasteiger partial charge in [0.25, 0.3) is 5.91 Å². The van der Waals surface area contributed by atoms with E-state index in [2.05, 4.69) is 10.4 Å². The first-order chi connectivity index (χ1) is 19.7. The van der Waals surface area contributed by atoms with Crippen molar-refractivity contribution in [2.24, 2.45) is 0 Å². The summed E-state index contributed by atoms with van der Waals surface area (Å²) in [4.78, 5) is 54.4. The minimum atomic E-state index is -1.46. The topological polar surface area (TPSA) is 114 Å². The molecule has 1 N–H and O–H groups in total. The normalized spacial score (nSPS) is 21.5. The number of fused-ring (bicyclic) bond motifs is 3.